The van der Waals surface area contributed by atoms with E-state index < -0.39 is 0 Å². The van der Waals surface area contributed by atoms with E-state index in [4.69, 9.17) is 0 Å². The lowest BCUT2D eigenvalue weighted by molar-refractivity contribution is -0.113. The largest absolute Gasteiger partial charge is 0.295 e. The Balaban J connectivity index is 3.63. The number of hydrogen-bond acceptors (Lipinski definition) is 1. The van der Waals surface area contributed by atoms with E-state index in [9.17, 15) is 4.79 Å². The first-order valence-electron chi connectivity index (χ1n) is 5.32. The predicted octanol–water partition coefficient (Wildman–Crippen LogP) is 3.82. The monoisotopic (exact) mass is 192 g/mol. The van der Waals surface area contributed by atoms with Gasteiger partial charge in [-0.15, -0.1) is 0 Å². The van der Waals surface area contributed by atoms with Gasteiger partial charge in [0.1, 0.15) is 0 Å². The van der Waals surface area contributed by atoms with Crippen LogP contribution in [-0.2, 0) is 4.79 Å². The summed E-state index contributed by atoms with van der Waals surface area (Å²) in [6, 6.07) is 0. The lowest BCUT2D eigenvalue weighted by Gasteiger charge is -1.86. The van der Waals surface area contributed by atoms with Crippen LogP contribution in [0, 0.1) is 0 Å². The van der Waals surface area contributed by atoms with Crippen LogP contribution in [-0.4, -0.2) is 5.78 Å². The third-order valence-electron chi connectivity index (χ3n) is 1.70. The molecular formula is C13H20O. The number of allylic oxidation sites excluding steroid dienone is 6. The summed E-state index contributed by atoms with van der Waals surface area (Å²) >= 11 is 0. The van der Waals surface area contributed by atoms with Crippen LogP contribution in [0.25, 0.3) is 0 Å². The van der Waals surface area contributed by atoms with Crippen LogP contribution in [0.5, 0.6) is 0 Å². The molecule has 0 aliphatic carbocycles. The van der Waals surface area contributed by atoms with Crippen LogP contribution in [0.3, 0.4) is 0 Å². The first-order valence-corrected chi connectivity index (χ1v) is 5.32. The van der Waals surface area contributed by atoms with Gasteiger partial charge in [-0.3, -0.25) is 4.79 Å². The Morgan fingerprint density at radius 3 is 2.43 bits per heavy atom. The van der Waals surface area contributed by atoms with Crippen LogP contribution in [0.15, 0.2) is 36.5 Å². The summed E-state index contributed by atoms with van der Waals surface area (Å²) in [7, 11) is 0. The molecule has 1 heteroatoms. The molecule has 0 amide bonds. The highest BCUT2D eigenvalue weighted by molar-refractivity contribution is 5.90. The summed E-state index contributed by atoms with van der Waals surface area (Å²) in [6.45, 7) is 4.19. The lowest BCUT2D eigenvalue weighted by Crippen LogP contribution is -1.88. The number of hydrogen-bond donors (Lipinski definition) is 0. The zero-order valence-corrected chi connectivity index (χ0v) is 9.20. The van der Waals surface area contributed by atoms with E-state index in [0.29, 0.717) is 6.42 Å². The van der Waals surface area contributed by atoms with E-state index >= 15 is 0 Å². The average molecular weight is 192 g/mol. The molecule has 0 saturated carbocycles. The molecule has 0 unspecified atom stereocenters. The first kappa shape index (κ1) is 12.9. The molecule has 0 aliphatic heterocycles. The second-order valence-electron chi connectivity index (χ2n) is 3.13. The summed E-state index contributed by atoms with van der Waals surface area (Å²) in [4.78, 5) is 11.2. The Kier molecular flexibility index (Phi) is 9.18. The van der Waals surface area contributed by atoms with Crippen molar-refractivity contribution in [2.75, 3.05) is 0 Å². The molecule has 0 radical (unpaired) electrons. The molecule has 0 aliphatic rings. The molecule has 0 fully saturated rings. The summed E-state index contributed by atoms with van der Waals surface area (Å²) < 4.78 is 0. The molecule has 0 rings (SSSR count). The summed E-state index contributed by atoms with van der Waals surface area (Å²) in [5.41, 5.74) is 0. The molecular weight excluding hydrogens is 172 g/mol. The Hall–Kier alpha value is -1.11. The highest BCUT2D eigenvalue weighted by Gasteiger charge is 1.89. The van der Waals surface area contributed by atoms with Gasteiger partial charge in [0, 0.05) is 6.42 Å². The van der Waals surface area contributed by atoms with Gasteiger partial charge >= 0.3 is 0 Å². The van der Waals surface area contributed by atoms with Crippen molar-refractivity contribution in [2.45, 2.75) is 39.5 Å². The highest BCUT2D eigenvalue weighted by atomic mass is 16.1. The van der Waals surface area contributed by atoms with Crippen molar-refractivity contribution in [3.8, 4) is 0 Å². The van der Waals surface area contributed by atoms with Gasteiger partial charge in [-0.05, 0) is 18.9 Å². The first-order chi connectivity index (χ1) is 6.81. The standard InChI is InChI=1S/C13H20O/c1-3-5-7-8-10-12-13(14)11-9-6-4-2/h5,7-11H,3-4,6,12H2,1-2H3/b7-5+,10-8+,11-9+. The van der Waals surface area contributed by atoms with Gasteiger partial charge < -0.3 is 0 Å². The molecule has 0 saturated heterocycles. The van der Waals surface area contributed by atoms with Gasteiger partial charge in [0.25, 0.3) is 0 Å². The maximum Gasteiger partial charge on any atom is 0.159 e. The topological polar surface area (TPSA) is 17.1 Å². The molecule has 1 nitrogen and oxygen atoms in total. The van der Waals surface area contributed by atoms with Crippen molar-refractivity contribution in [2.24, 2.45) is 0 Å². The van der Waals surface area contributed by atoms with Crippen molar-refractivity contribution in [1.29, 1.82) is 0 Å². The van der Waals surface area contributed by atoms with Gasteiger partial charge in [-0.25, -0.2) is 0 Å². The van der Waals surface area contributed by atoms with Gasteiger partial charge in [0.15, 0.2) is 5.78 Å². The molecule has 0 aromatic heterocycles. The van der Waals surface area contributed by atoms with Gasteiger partial charge in [-0.2, -0.15) is 0 Å². The molecule has 14 heavy (non-hydrogen) atoms. The fraction of sp³-hybridized carbons (Fsp3) is 0.462. The van der Waals surface area contributed by atoms with Crippen molar-refractivity contribution >= 4 is 5.78 Å². The fourth-order valence-corrected chi connectivity index (χ4v) is 0.927. The average Bonchev–Trinajstić information content (AvgIpc) is 2.18. The van der Waals surface area contributed by atoms with E-state index in [2.05, 4.69) is 19.9 Å². The lowest BCUT2D eigenvalue weighted by atomic mass is 10.2. The molecule has 78 valence electrons. The van der Waals surface area contributed by atoms with E-state index in [0.717, 1.165) is 19.3 Å². The number of unbranched alkanes of at least 4 members (excludes halogenated alkanes) is 1. The molecule has 0 heterocycles. The van der Waals surface area contributed by atoms with Crippen molar-refractivity contribution < 1.29 is 4.79 Å². The Bertz CT molecular complexity index is 221. The number of ketones is 1. The predicted molar refractivity (Wildman–Crippen MR) is 62.2 cm³/mol. The minimum absolute atomic E-state index is 0.180. The number of rotatable bonds is 7. The second-order valence-corrected chi connectivity index (χ2v) is 3.13. The summed E-state index contributed by atoms with van der Waals surface area (Å²) in [5.74, 6) is 0.180. The summed E-state index contributed by atoms with van der Waals surface area (Å²) in [6.07, 6.45) is 15.1. The summed E-state index contributed by atoms with van der Waals surface area (Å²) in [5, 5.41) is 0. The molecule has 0 aromatic rings. The van der Waals surface area contributed by atoms with Gasteiger partial charge in [0.2, 0.25) is 0 Å². The molecule has 0 bridgehead atoms. The van der Waals surface area contributed by atoms with Crippen molar-refractivity contribution in [3.63, 3.8) is 0 Å². The normalized spacial score (nSPS) is 12.1. The third kappa shape index (κ3) is 8.98. The zero-order chi connectivity index (χ0) is 10.6. The van der Waals surface area contributed by atoms with Crippen LogP contribution in [0.2, 0.25) is 0 Å². The molecule has 0 atom stereocenters. The van der Waals surface area contributed by atoms with Gasteiger partial charge in [0.05, 0.1) is 0 Å². The minimum atomic E-state index is 0.180. The van der Waals surface area contributed by atoms with E-state index in [-0.39, 0.29) is 5.78 Å². The van der Waals surface area contributed by atoms with E-state index in [1.165, 1.54) is 0 Å². The maximum atomic E-state index is 11.2. The molecule has 0 spiro atoms. The Morgan fingerprint density at radius 1 is 1.07 bits per heavy atom. The van der Waals surface area contributed by atoms with E-state index in [1.54, 1.807) is 6.08 Å². The van der Waals surface area contributed by atoms with Crippen LogP contribution >= 0.6 is 0 Å². The number of carbonyl (C=O) groups is 1. The van der Waals surface area contributed by atoms with Gasteiger partial charge in [-0.1, -0.05) is 50.6 Å². The third-order valence-corrected chi connectivity index (χ3v) is 1.70. The number of carbonyl (C=O) groups excluding carboxylic acids is 1. The van der Waals surface area contributed by atoms with E-state index in [1.807, 2.05) is 24.3 Å². The highest BCUT2D eigenvalue weighted by Crippen LogP contribution is 1.93. The fourth-order valence-electron chi connectivity index (χ4n) is 0.927. The molecule has 0 aromatic carbocycles. The molecule has 0 N–H and O–H groups in total. The quantitative estimate of drug-likeness (QED) is 0.442. The van der Waals surface area contributed by atoms with Crippen LogP contribution in [0.4, 0.5) is 0 Å². The van der Waals surface area contributed by atoms with Crippen molar-refractivity contribution in [1.82, 2.24) is 0 Å². The minimum Gasteiger partial charge on any atom is -0.295 e. The second kappa shape index (κ2) is 9.97. The SMILES string of the molecule is CC/C=C/C=C/CC(=O)/C=C/CCC. The Labute approximate surface area is 87.2 Å². The maximum absolute atomic E-state index is 11.2. The van der Waals surface area contributed by atoms with Crippen LogP contribution in [0.1, 0.15) is 39.5 Å². The van der Waals surface area contributed by atoms with Crippen molar-refractivity contribution in [3.05, 3.63) is 36.5 Å². The smallest absolute Gasteiger partial charge is 0.159 e. The van der Waals surface area contributed by atoms with Crippen LogP contribution < -0.4 is 0 Å². The Morgan fingerprint density at radius 2 is 1.79 bits per heavy atom. The zero-order valence-electron chi connectivity index (χ0n) is 9.20.